The van der Waals surface area contributed by atoms with Crippen molar-refractivity contribution in [1.29, 1.82) is 0 Å². The first-order valence-corrected chi connectivity index (χ1v) is 9.26. The summed E-state index contributed by atoms with van der Waals surface area (Å²) in [7, 11) is 1.89. The highest BCUT2D eigenvalue weighted by Gasteiger charge is 2.65. The summed E-state index contributed by atoms with van der Waals surface area (Å²) in [6, 6.07) is 0.568. The summed E-state index contributed by atoms with van der Waals surface area (Å²) in [6.45, 7) is 6.54. The summed E-state index contributed by atoms with van der Waals surface area (Å²) in [5.74, 6) is 2.47. The monoisotopic (exact) mass is 307 g/mol. The van der Waals surface area contributed by atoms with Gasteiger partial charge in [0.25, 0.3) is 0 Å². The van der Waals surface area contributed by atoms with Crippen molar-refractivity contribution in [3.05, 3.63) is 0 Å². The minimum absolute atomic E-state index is 0.400. The Morgan fingerprint density at radius 2 is 2.09 bits per heavy atom. The van der Waals surface area contributed by atoms with Crippen LogP contribution in [0, 0.1) is 17.3 Å². The van der Waals surface area contributed by atoms with E-state index in [2.05, 4.69) is 29.5 Å². The summed E-state index contributed by atoms with van der Waals surface area (Å²) in [5.41, 5.74) is 0.400. The van der Waals surface area contributed by atoms with Crippen molar-refractivity contribution in [2.75, 3.05) is 20.2 Å². The van der Waals surface area contributed by atoms with Gasteiger partial charge in [0, 0.05) is 37.6 Å². The lowest BCUT2D eigenvalue weighted by atomic mass is 9.54. The predicted octanol–water partition coefficient (Wildman–Crippen LogP) is 2.94. The van der Waals surface area contributed by atoms with Crippen molar-refractivity contribution >= 4 is 5.96 Å². The molecule has 0 bridgehead atoms. The lowest BCUT2D eigenvalue weighted by molar-refractivity contribution is -0.125. The molecule has 2 aliphatic carbocycles. The third-order valence-electron chi connectivity index (χ3n) is 6.05. The van der Waals surface area contributed by atoms with E-state index in [9.17, 15) is 0 Å². The van der Waals surface area contributed by atoms with E-state index >= 15 is 0 Å². The SMILES string of the molecule is CN=C(NCCCC(C)C)NC1C2CCOC2C12CCCC2. The van der Waals surface area contributed by atoms with E-state index in [0.29, 0.717) is 23.5 Å². The number of rotatable bonds is 5. The number of fused-ring (bicyclic) bond motifs is 2. The zero-order chi connectivity index (χ0) is 15.6. The van der Waals surface area contributed by atoms with Gasteiger partial charge in [-0.15, -0.1) is 0 Å². The van der Waals surface area contributed by atoms with Gasteiger partial charge in [-0.1, -0.05) is 26.7 Å². The highest BCUT2D eigenvalue weighted by atomic mass is 16.5. The largest absolute Gasteiger partial charge is 0.377 e. The summed E-state index contributed by atoms with van der Waals surface area (Å²) in [6.07, 6.45) is 9.61. The highest BCUT2D eigenvalue weighted by molar-refractivity contribution is 5.80. The van der Waals surface area contributed by atoms with E-state index in [-0.39, 0.29) is 0 Å². The molecule has 1 aliphatic heterocycles. The van der Waals surface area contributed by atoms with Crippen LogP contribution in [0.2, 0.25) is 0 Å². The second-order valence-corrected chi connectivity index (χ2v) is 7.84. The fraction of sp³-hybridized carbons (Fsp3) is 0.944. The number of hydrogen-bond acceptors (Lipinski definition) is 2. The Morgan fingerprint density at radius 1 is 1.32 bits per heavy atom. The molecule has 3 fully saturated rings. The molecule has 2 N–H and O–H groups in total. The van der Waals surface area contributed by atoms with Gasteiger partial charge in [-0.05, 0) is 38.0 Å². The molecule has 3 rings (SSSR count). The Bertz CT molecular complexity index is 401. The van der Waals surface area contributed by atoms with E-state index < -0.39 is 0 Å². The first-order valence-electron chi connectivity index (χ1n) is 9.26. The molecule has 0 aromatic rings. The molecule has 0 aromatic carbocycles. The predicted molar refractivity (Wildman–Crippen MR) is 91.1 cm³/mol. The third-order valence-corrected chi connectivity index (χ3v) is 6.05. The third kappa shape index (κ3) is 2.86. The van der Waals surface area contributed by atoms with Gasteiger partial charge in [0.05, 0.1) is 6.10 Å². The lowest BCUT2D eigenvalue weighted by Gasteiger charge is -2.57. The maximum atomic E-state index is 6.06. The summed E-state index contributed by atoms with van der Waals surface area (Å²) >= 11 is 0. The molecule has 0 aromatic heterocycles. The standard InChI is InChI=1S/C18H33N3O/c1-13(2)7-6-11-20-17(19-3)21-15-14-8-12-22-16(14)18(15)9-4-5-10-18/h13-16H,4-12H2,1-3H3,(H2,19,20,21). The molecular formula is C18H33N3O. The van der Waals surface area contributed by atoms with Crippen LogP contribution in [0.15, 0.2) is 4.99 Å². The van der Waals surface area contributed by atoms with Crippen molar-refractivity contribution < 1.29 is 4.74 Å². The highest BCUT2D eigenvalue weighted by Crippen LogP contribution is 2.60. The smallest absolute Gasteiger partial charge is 0.191 e. The van der Waals surface area contributed by atoms with Crippen molar-refractivity contribution in [2.45, 2.75) is 70.9 Å². The Kier molecular flexibility index (Phi) is 4.96. The molecule has 3 unspecified atom stereocenters. The van der Waals surface area contributed by atoms with Crippen LogP contribution >= 0.6 is 0 Å². The van der Waals surface area contributed by atoms with Gasteiger partial charge in [-0.2, -0.15) is 0 Å². The molecule has 0 amide bonds. The number of aliphatic imine (C=N–C) groups is 1. The lowest BCUT2D eigenvalue weighted by Crippen LogP contribution is -2.69. The van der Waals surface area contributed by atoms with Gasteiger partial charge in [-0.3, -0.25) is 4.99 Å². The van der Waals surface area contributed by atoms with E-state index in [1.165, 1.54) is 44.9 Å². The number of ether oxygens (including phenoxy) is 1. The quantitative estimate of drug-likeness (QED) is 0.466. The molecule has 126 valence electrons. The van der Waals surface area contributed by atoms with Crippen molar-refractivity contribution in [2.24, 2.45) is 22.2 Å². The van der Waals surface area contributed by atoms with Gasteiger partial charge >= 0.3 is 0 Å². The van der Waals surface area contributed by atoms with Crippen LogP contribution in [0.1, 0.15) is 58.8 Å². The zero-order valence-electron chi connectivity index (χ0n) is 14.5. The van der Waals surface area contributed by atoms with Crippen LogP contribution in [-0.4, -0.2) is 38.3 Å². The Morgan fingerprint density at radius 3 is 2.77 bits per heavy atom. The summed E-state index contributed by atoms with van der Waals surface area (Å²) < 4.78 is 6.06. The van der Waals surface area contributed by atoms with Crippen LogP contribution in [-0.2, 0) is 4.74 Å². The summed E-state index contributed by atoms with van der Waals surface area (Å²) in [4.78, 5) is 4.45. The molecule has 22 heavy (non-hydrogen) atoms. The summed E-state index contributed by atoms with van der Waals surface area (Å²) in [5, 5.41) is 7.26. The maximum Gasteiger partial charge on any atom is 0.191 e. The first kappa shape index (κ1) is 16.1. The molecule has 4 nitrogen and oxygen atoms in total. The molecule has 3 aliphatic rings. The molecule has 1 heterocycles. The van der Waals surface area contributed by atoms with Crippen molar-refractivity contribution in [1.82, 2.24) is 10.6 Å². The fourth-order valence-electron chi connectivity index (χ4n) is 4.96. The topological polar surface area (TPSA) is 45.7 Å². The zero-order valence-corrected chi connectivity index (χ0v) is 14.5. The van der Waals surface area contributed by atoms with Gasteiger partial charge < -0.3 is 15.4 Å². The number of hydrogen-bond donors (Lipinski definition) is 2. The van der Waals surface area contributed by atoms with Gasteiger partial charge in [0.2, 0.25) is 0 Å². The van der Waals surface area contributed by atoms with E-state index in [1.807, 2.05) is 7.05 Å². The molecule has 1 saturated heterocycles. The van der Waals surface area contributed by atoms with E-state index in [4.69, 9.17) is 4.74 Å². The van der Waals surface area contributed by atoms with Crippen LogP contribution in [0.5, 0.6) is 0 Å². The van der Waals surface area contributed by atoms with Crippen molar-refractivity contribution in [3.63, 3.8) is 0 Å². The van der Waals surface area contributed by atoms with Gasteiger partial charge in [0.1, 0.15) is 0 Å². The minimum Gasteiger partial charge on any atom is -0.377 e. The normalized spacial score (nSPS) is 33.1. The number of nitrogens with one attached hydrogen (secondary N) is 2. The van der Waals surface area contributed by atoms with Gasteiger partial charge in [0.15, 0.2) is 5.96 Å². The van der Waals surface area contributed by atoms with Gasteiger partial charge in [-0.25, -0.2) is 0 Å². The van der Waals surface area contributed by atoms with E-state index in [1.54, 1.807) is 0 Å². The Labute approximate surface area is 135 Å². The molecule has 3 atom stereocenters. The van der Waals surface area contributed by atoms with Crippen LogP contribution in [0.25, 0.3) is 0 Å². The Balaban J connectivity index is 1.54. The molecular weight excluding hydrogens is 274 g/mol. The maximum absolute atomic E-state index is 6.06. The number of nitrogens with zero attached hydrogens (tertiary/aromatic N) is 1. The number of guanidine groups is 1. The second kappa shape index (κ2) is 6.77. The Hall–Kier alpha value is -0.770. The average molecular weight is 307 g/mol. The van der Waals surface area contributed by atoms with E-state index in [0.717, 1.165) is 25.0 Å². The minimum atomic E-state index is 0.400. The fourth-order valence-corrected chi connectivity index (χ4v) is 4.96. The molecule has 4 heteroatoms. The average Bonchev–Trinajstić information content (AvgIpc) is 3.14. The van der Waals surface area contributed by atoms with Crippen LogP contribution < -0.4 is 10.6 Å². The van der Waals surface area contributed by atoms with Crippen LogP contribution in [0.4, 0.5) is 0 Å². The molecule has 1 spiro atoms. The molecule has 0 radical (unpaired) electrons. The van der Waals surface area contributed by atoms with Crippen molar-refractivity contribution in [3.8, 4) is 0 Å². The van der Waals surface area contributed by atoms with Crippen LogP contribution in [0.3, 0.4) is 0 Å². The first-order chi connectivity index (χ1) is 10.7. The molecule has 2 saturated carbocycles. The second-order valence-electron chi connectivity index (χ2n) is 7.84.